The van der Waals surface area contributed by atoms with Gasteiger partial charge in [-0.1, -0.05) is 130 Å². The van der Waals surface area contributed by atoms with Crippen molar-refractivity contribution in [3.63, 3.8) is 0 Å². The van der Waals surface area contributed by atoms with Gasteiger partial charge >= 0.3 is 0 Å². The molecule has 0 aliphatic heterocycles. The molecule has 0 fully saturated rings. The molecule has 0 spiro atoms. The van der Waals surface area contributed by atoms with Crippen molar-refractivity contribution in [3.05, 3.63) is 111 Å². The number of ether oxygens (including phenoxy) is 1. The molecular formula is C40H48Cl2N6O3. The number of carbonyl (C=O) groups is 2. The Kier molecular flexibility index (Phi) is 14.4. The summed E-state index contributed by atoms with van der Waals surface area (Å²) in [5, 5.41) is 18.5. The second-order valence-corrected chi connectivity index (χ2v) is 13.8. The maximum Gasteiger partial charge on any atom is 0.252 e. The van der Waals surface area contributed by atoms with Gasteiger partial charge in [0, 0.05) is 17.0 Å². The van der Waals surface area contributed by atoms with Gasteiger partial charge in [-0.2, -0.15) is 0 Å². The number of aryl methyl sites for hydroxylation is 3. The van der Waals surface area contributed by atoms with E-state index in [9.17, 15) is 9.59 Å². The molecule has 5 rings (SSSR count). The van der Waals surface area contributed by atoms with Gasteiger partial charge in [0.15, 0.2) is 11.5 Å². The van der Waals surface area contributed by atoms with E-state index < -0.39 is 11.9 Å². The third-order valence-corrected chi connectivity index (χ3v) is 9.70. The van der Waals surface area contributed by atoms with Crippen molar-refractivity contribution >= 4 is 46.4 Å². The number of fused-ring (bicyclic) bond motifs is 1. The first-order valence-electron chi connectivity index (χ1n) is 18.1. The first-order valence-corrected chi connectivity index (χ1v) is 18.9. The Morgan fingerprint density at radius 3 is 2.24 bits per heavy atom. The number of anilines is 1. The number of H-pyrrole nitrogens is 1. The summed E-state index contributed by atoms with van der Waals surface area (Å²) in [6, 6.07) is 20.7. The van der Waals surface area contributed by atoms with Crippen LogP contribution >= 0.6 is 23.2 Å². The first kappa shape index (κ1) is 37.9. The third-order valence-electron chi connectivity index (χ3n) is 9.01. The van der Waals surface area contributed by atoms with Crippen LogP contribution in [-0.2, 0) is 17.6 Å². The minimum atomic E-state index is -0.960. The number of carbonyl (C=O) groups excluding carboxylic acids is 2. The van der Waals surface area contributed by atoms with Crippen LogP contribution in [0.2, 0.25) is 10.0 Å². The Hall–Kier alpha value is -4.34. The molecule has 2 amide bonds. The molecule has 51 heavy (non-hydrogen) atoms. The fraction of sp³-hybridized carbons (Fsp3) is 0.400. The number of hydrogen-bond donors (Lipinski definition) is 3. The number of halogens is 2. The van der Waals surface area contributed by atoms with E-state index in [1.54, 1.807) is 34.8 Å². The lowest BCUT2D eigenvalue weighted by molar-refractivity contribution is -0.118. The smallest absolute Gasteiger partial charge is 0.252 e. The number of benzene rings is 3. The fourth-order valence-electron chi connectivity index (χ4n) is 6.06. The topological polar surface area (TPSA) is 113 Å². The van der Waals surface area contributed by atoms with Crippen molar-refractivity contribution in [1.82, 2.24) is 25.1 Å². The highest BCUT2D eigenvalue weighted by Crippen LogP contribution is 2.30. The Bertz CT molecular complexity index is 1860. The zero-order valence-corrected chi connectivity index (χ0v) is 31.0. The summed E-state index contributed by atoms with van der Waals surface area (Å²) >= 11 is 12.6. The molecule has 270 valence electrons. The van der Waals surface area contributed by atoms with Gasteiger partial charge < -0.3 is 15.4 Å². The van der Waals surface area contributed by atoms with Gasteiger partial charge in [0.1, 0.15) is 16.8 Å². The monoisotopic (exact) mass is 730 g/mol. The van der Waals surface area contributed by atoms with Crippen LogP contribution < -0.4 is 15.4 Å². The average molecular weight is 732 g/mol. The van der Waals surface area contributed by atoms with Crippen molar-refractivity contribution in [2.75, 3.05) is 11.9 Å². The molecule has 5 aromatic rings. The predicted octanol–water partition coefficient (Wildman–Crippen LogP) is 9.87. The highest BCUT2D eigenvalue weighted by atomic mass is 35.5. The molecular weight excluding hydrogens is 683 g/mol. The van der Waals surface area contributed by atoms with Crippen LogP contribution in [0.25, 0.3) is 5.65 Å². The molecule has 9 nitrogen and oxygen atoms in total. The lowest BCUT2D eigenvalue weighted by Gasteiger charge is -2.20. The maximum atomic E-state index is 13.8. The number of aromatic amines is 1. The Balaban J connectivity index is 1.16. The summed E-state index contributed by atoms with van der Waals surface area (Å²) in [5.41, 5.74) is 4.02. The zero-order valence-electron chi connectivity index (χ0n) is 29.5. The molecule has 0 saturated heterocycles. The van der Waals surface area contributed by atoms with Crippen LogP contribution in [0.3, 0.4) is 0 Å². The molecule has 2 heterocycles. The second-order valence-electron chi connectivity index (χ2n) is 13.0. The van der Waals surface area contributed by atoms with E-state index in [-0.39, 0.29) is 5.91 Å². The van der Waals surface area contributed by atoms with E-state index >= 15 is 0 Å². The van der Waals surface area contributed by atoms with Gasteiger partial charge in [-0.25, -0.2) is 4.52 Å². The van der Waals surface area contributed by atoms with Crippen LogP contribution in [-0.4, -0.2) is 38.2 Å². The number of rotatable bonds is 20. The quantitative estimate of drug-likeness (QED) is 0.0690. The number of nitrogens with zero attached hydrogens (tertiary/aromatic N) is 3. The minimum Gasteiger partial charge on any atom is -0.491 e. The van der Waals surface area contributed by atoms with E-state index in [1.807, 2.05) is 49.4 Å². The summed E-state index contributed by atoms with van der Waals surface area (Å²) < 4.78 is 7.90. The summed E-state index contributed by atoms with van der Waals surface area (Å²) in [7, 11) is 0. The number of hydrogen-bond acceptors (Lipinski definition) is 5. The molecule has 1 atom stereocenters. The molecule has 1 unspecified atom stereocenters. The molecule has 0 radical (unpaired) electrons. The minimum absolute atomic E-state index is 0.371. The molecule has 3 aromatic carbocycles. The lowest BCUT2D eigenvalue weighted by Crippen LogP contribution is -2.37. The summed E-state index contributed by atoms with van der Waals surface area (Å²) in [5.74, 6) is 0.533. The number of aromatic nitrogens is 4. The number of amides is 2. The van der Waals surface area contributed by atoms with Crippen molar-refractivity contribution in [3.8, 4) is 5.75 Å². The molecule has 0 bridgehead atoms. The van der Waals surface area contributed by atoms with Gasteiger partial charge in [-0.15, -0.1) is 10.2 Å². The van der Waals surface area contributed by atoms with Crippen LogP contribution in [0.4, 0.5) is 5.69 Å². The molecule has 11 heteroatoms. The van der Waals surface area contributed by atoms with Gasteiger partial charge in [0.05, 0.1) is 18.0 Å². The fourth-order valence-corrected chi connectivity index (χ4v) is 6.40. The largest absolute Gasteiger partial charge is 0.491 e. The van der Waals surface area contributed by atoms with Crippen LogP contribution in [0.15, 0.2) is 72.8 Å². The summed E-state index contributed by atoms with van der Waals surface area (Å²) in [4.78, 5) is 27.3. The Labute approximate surface area is 310 Å². The average Bonchev–Trinajstić information content (AvgIpc) is 3.67. The van der Waals surface area contributed by atoms with E-state index in [0.717, 1.165) is 29.9 Å². The van der Waals surface area contributed by atoms with E-state index in [0.29, 0.717) is 57.7 Å². The van der Waals surface area contributed by atoms with Crippen molar-refractivity contribution in [1.29, 1.82) is 0 Å². The summed E-state index contributed by atoms with van der Waals surface area (Å²) in [6.45, 7) is 4.68. The summed E-state index contributed by atoms with van der Waals surface area (Å²) in [6.07, 6.45) is 13.7. The standard InChI is InChI=1S/C40H48Cl2N6O3/c1-3-4-5-6-7-8-9-10-11-15-26-51-34-24-23-32(41)27-33(34)43-40(50)37(30-16-13-12-14-17-30)44-39(49)31-21-18-29(19-22-31)20-25-35-45-46-38-36(42)28(2)47-48(35)38/h12-14,16-19,21-24,27,37,47H,3-11,15,20,25-26H2,1-2H3,(H,43,50)(H,44,49). The SMILES string of the molecule is CCCCCCCCCCCCOc1ccc(Cl)cc1NC(=O)C(NC(=O)c1ccc(CCc2nnc3c(Cl)c(C)[nH]n23)cc1)c1ccccc1. The van der Waals surface area contributed by atoms with Crippen molar-refractivity contribution in [2.45, 2.75) is 96.9 Å². The molecule has 0 aliphatic carbocycles. The molecule has 2 aromatic heterocycles. The molecule has 0 saturated carbocycles. The predicted molar refractivity (Wildman–Crippen MR) is 205 cm³/mol. The van der Waals surface area contributed by atoms with E-state index in [2.05, 4.69) is 32.9 Å². The number of unbranched alkanes of at least 4 members (excludes halogenated alkanes) is 9. The van der Waals surface area contributed by atoms with Crippen molar-refractivity contribution in [2.24, 2.45) is 0 Å². The maximum absolute atomic E-state index is 13.8. The third kappa shape index (κ3) is 10.8. The first-order chi connectivity index (χ1) is 24.8. The van der Waals surface area contributed by atoms with Crippen LogP contribution in [0, 0.1) is 6.92 Å². The zero-order chi connectivity index (χ0) is 36.0. The van der Waals surface area contributed by atoms with E-state index in [4.69, 9.17) is 27.9 Å². The van der Waals surface area contributed by atoms with Gasteiger partial charge in [0.2, 0.25) is 0 Å². The lowest BCUT2D eigenvalue weighted by atomic mass is 10.0. The van der Waals surface area contributed by atoms with Gasteiger partial charge in [0.25, 0.3) is 11.8 Å². The molecule has 3 N–H and O–H groups in total. The second kappa shape index (κ2) is 19.3. The van der Waals surface area contributed by atoms with Gasteiger partial charge in [-0.05, 0) is 61.2 Å². The van der Waals surface area contributed by atoms with Crippen molar-refractivity contribution < 1.29 is 14.3 Å². The molecule has 0 aliphatic rings. The van der Waals surface area contributed by atoms with Gasteiger partial charge in [-0.3, -0.25) is 14.7 Å². The number of nitrogens with one attached hydrogen (secondary N) is 3. The Morgan fingerprint density at radius 2 is 1.53 bits per heavy atom. The van der Waals surface area contributed by atoms with Crippen LogP contribution in [0.1, 0.15) is 110 Å². The van der Waals surface area contributed by atoms with Crippen LogP contribution in [0.5, 0.6) is 5.75 Å². The highest BCUT2D eigenvalue weighted by Gasteiger charge is 2.25. The Morgan fingerprint density at radius 1 is 0.843 bits per heavy atom. The highest BCUT2D eigenvalue weighted by molar-refractivity contribution is 6.34. The normalized spacial score (nSPS) is 11.8. The van der Waals surface area contributed by atoms with E-state index in [1.165, 1.54) is 51.4 Å².